The molecule has 0 spiro atoms. The van der Waals surface area contributed by atoms with Gasteiger partial charge in [-0.1, -0.05) is 26.0 Å². The first-order chi connectivity index (χ1) is 13.8. The smallest absolute Gasteiger partial charge is 0.338 e. The maximum atomic E-state index is 12.1. The van der Waals surface area contributed by atoms with Gasteiger partial charge in [-0.3, -0.25) is 14.9 Å². The van der Waals surface area contributed by atoms with Crippen molar-refractivity contribution < 1.29 is 24.0 Å². The van der Waals surface area contributed by atoms with Gasteiger partial charge in [-0.25, -0.2) is 4.79 Å². The number of aryl methyl sites for hydroxylation is 1. The van der Waals surface area contributed by atoms with Crippen LogP contribution in [0.1, 0.15) is 36.2 Å². The van der Waals surface area contributed by atoms with Gasteiger partial charge in [-0.2, -0.15) is 0 Å². The number of benzene rings is 2. The molecule has 2 rings (SSSR count). The third kappa shape index (κ3) is 6.60. The summed E-state index contributed by atoms with van der Waals surface area (Å²) in [5.41, 5.74) is 0.669. The summed E-state index contributed by atoms with van der Waals surface area (Å²) in [6, 6.07) is 10.9. The summed E-state index contributed by atoms with van der Waals surface area (Å²) in [4.78, 5) is 34.7. The van der Waals surface area contributed by atoms with Gasteiger partial charge in [-0.15, -0.1) is 0 Å². The number of ether oxygens (including phenoxy) is 2. The maximum Gasteiger partial charge on any atom is 0.338 e. The van der Waals surface area contributed by atoms with E-state index in [1.807, 2.05) is 0 Å². The number of rotatable bonds is 9. The van der Waals surface area contributed by atoms with Crippen LogP contribution in [0.25, 0.3) is 0 Å². The summed E-state index contributed by atoms with van der Waals surface area (Å²) in [6.45, 7) is 5.88. The van der Waals surface area contributed by atoms with Crippen molar-refractivity contribution in [3.63, 3.8) is 0 Å². The van der Waals surface area contributed by atoms with E-state index in [1.54, 1.807) is 37.3 Å². The lowest BCUT2D eigenvalue weighted by Crippen LogP contribution is -2.22. The standard InChI is InChI=1S/C21H24N2O6/c1-14(2)11-12-28-17-9-7-16(8-10-17)21(25)29-13-19(24)22-20-15(3)5-4-6-18(20)23(26)27/h4-10,14H,11-13H2,1-3H3,(H,22,24). The molecule has 0 aliphatic rings. The average Bonchev–Trinajstić information content (AvgIpc) is 2.67. The van der Waals surface area contributed by atoms with Gasteiger partial charge in [0.25, 0.3) is 11.6 Å². The molecule has 0 saturated heterocycles. The number of esters is 1. The van der Waals surface area contributed by atoms with Crippen LogP contribution in [0, 0.1) is 23.0 Å². The Morgan fingerprint density at radius 1 is 1.14 bits per heavy atom. The van der Waals surface area contributed by atoms with Crippen molar-refractivity contribution in [2.75, 3.05) is 18.5 Å². The van der Waals surface area contributed by atoms with Gasteiger partial charge in [0, 0.05) is 6.07 Å². The van der Waals surface area contributed by atoms with E-state index in [-0.39, 0.29) is 16.9 Å². The molecule has 8 nitrogen and oxygen atoms in total. The van der Waals surface area contributed by atoms with E-state index in [0.717, 1.165) is 6.42 Å². The van der Waals surface area contributed by atoms with Crippen LogP contribution < -0.4 is 10.1 Å². The van der Waals surface area contributed by atoms with Gasteiger partial charge >= 0.3 is 5.97 Å². The summed E-state index contributed by atoms with van der Waals surface area (Å²) in [7, 11) is 0. The minimum atomic E-state index is -0.673. The number of carbonyl (C=O) groups excluding carboxylic acids is 2. The highest BCUT2D eigenvalue weighted by atomic mass is 16.6. The second kappa shape index (κ2) is 10.2. The van der Waals surface area contributed by atoms with E-state index in [4.69, 9.17) is 9.47 Å². The summed E-state index contributed by atoms with van der Waals surface area (Å²) < 4.78 is 10.6. The van der Waals surface area contributed by atoms with Gasteiger partial charge in [0.15, 0.2) is 6.61 Å². The van der Waals surface area contributed by atoms with Crippen LogP contribution in [0.15, 0.2) is 42.5 Å². The van der Waals surface area contributed by atoms with Crippen molar-refractivity contribution in [2.24, 2.45) is 5.92 Å². The number of hydrogen-bond donors (Lipinski definition) is 1. The molecular formula is C21H24N2O6. The average molecular weight is 400 g/mol. The highest BCUT2D eigenvalue weighted by molar-refractivity contribution is 5.97. The molecule has 0 heterocycles. The first-order valence-corrected chi connectivity index (χ1v) is 9.21. The second-order valence-corrected chi connectivity index (χ2v) is 6.91. The topological polar surface area (TPSA) is 108 Å². The predicted octanol–water partition coefficient (Wildman–Crippen LogP) is 4.12. The minimum Gasteiger partial charge on any atom is -0.494 e. The van der Waals surface area contributed by atoms with Crippen LogP contribution in [0.5, 0.6) is 5.75 Å². The van der Waals surface area contributed by atoms with Crippen molar-refractivity contribution in [1.82, 2.24) is 0 Å². The van der Waals surface area contributed by atoms with Crippen molar-refractivity contribution >= 4 is 23.3 Å². The van der Waals surface area contributed by atoms with Crippen LogP contribution in [0.2, 0.25) is 0 Å². The number of carbonyl (C=O) groups is 2. The molecule has 0 saturated carbocycles. The molecule has 0 bridgehead atoms. The zero-order chi connectivity index (χ0) is 21.4. The molecule has 1 amide bonds. The second-order valence-electron chi connectivity index (χ2n) is 6.91. The fraction of sp³-hybridized carbons (Fsp3) is 0.333. The van der Waals surface area contributed by atoms with Crippen molar-refractivity contribution in [2.45, 2.75) is 27.2 Å². The lowest BCUT2D eigenvalue weighted by Gasteiger charge is -2.10. The van der Waals surface area contributed by atoms with Crippen LogP contribution >= 0.6 is 0 Å². The normalized spacial score (nSPS) is 10.5. The molecule has 29 heavy (non-hydrogen) atoms. The molecule has 0 aliphatic carbocycles. The molecule has 0 unspecified atom stereocenters. The number of nitrogens with zero attached hydrogens (tertiary/aromatic N) is 1. The molecule has 0 aromatic heterocycles. The Morgan fingerprint density at radius 2 is 1.83 bits per heavy atom. The Morgan fingerprint density at radius 3 is 2.45 bits per heavy atom. The first-order valence-electron chi connectivity index (χ1n) is 9.21. The highest BCUT2D eigenvalue weighted by Gasteiger charge is 2.18. The van der Waals surface area contributed by atoms with Crippen LogP contribution in [0.4, 0.5) is 11.4 Å². The Labute approximate surface area is 169 Å². The molecule has 2 aromatic carbocycles. The number of nitro benzene ring substituents is 1. The van der Waals surface area contributed by atoms with Crippen molar-refractivity contribution in [3.8, 4) is 5.75 Å². The van der Waals surface area contributed by atoms with Gasteiger partial charge in [0.2, 0.25) is 0 Å². The Kier molecular flexibility index (Phi) is 7.70. The van der Waals surface area contributed by atoms with E-state index in [0.29, 0.717) is 23.8 Å². The Balaban J connectivity index is 1.89. The van der Waals surface area contributed by atoms with Gasteiger partial charge in [-0.05, 0) is 49.1 Å². The molecule has 0 atom stereocenters. The van der Waals surface area contributed by atoms with E-state index in [1.165, 1.54) is 12.1 Å². The van der Waals surface area contributed by atoms with E-state index < -0.39 is 23.4 Å². The number of nitrogens with one attached hydrogen (secondary N) is 1. The molecule has 0 fully saturated rings. The largest absolute Gasteiger partial charge is 0.494 e. The summed E-state index contributed by atoms with van der Waals surface area (Å²) in [5.74, 6) is -0.152. The van der Waals surface area contributed by atoms with Crippen LogP contribution in [-0.4, -0.2) is 30.0 Å². The molecule has 0 radical (unpaired) electrons. The van der Waals surface area contributed by atoms with Crippen molar-refractivity contribution in [3.05, 3.63) is 63.7 Å². The highest BCUT2D eigenvalue weighted by Crippen LogP contribution is 2.27. The number of amides is 1. The monoisotopic (exact) mass is 400 g/mol. The molecular weight excluding hydrogens is 376 g/mol. The van der Waals surface area contributed by atoms with Gasteiger partial charge in [0.05, 0.1) is 17.1 Å². The molecule has 0 aliphatic heterocycles. The molecule has 154 valence electrons. The van der Waals surface area contributed by atoms with Crippen molar-refractivity contribution in [1.29, 1.82) is 0 Å². The zero-order valence-corrected chi connectivity index (χ0v) is 16.6. The fourth-order valence-corrected chi connectivity index (χ4v) is 2.46. The quantitative estimate of drug-likeness (QED) is 0.385. The minimum absolute atomic E-state index is 0.0847. The van der Waals surface area contributed by atoms with E-state index >= 15 is 0 Å². The third-order valence-corrected chi connectivity index (χ3v) is 4.10. The summed E-state index contributed by atoms with van der Waals surface area (Å²) in [6.07, 6.45) is 0.929. The lowest BCUT2D eigenvalue weighted by atomic mass is 10.1. The third-order valence-electron chi connectivity index (χ3n) is 4.10. The molecule has 2 aromatic rings. The zero-order valence-electron chi connectivity index (χ0n) is 16.6. The van der Waals surface area contributed by atoms with Gasteiger partial charge in [0.1, 0.15) is 11.4 Å². The van der Waals surface area contributed by atoms with E-state index in [9.17, 15) is 19.7 Å². The van der Waals surface area contributed by atoms with E-state index in [2.05, 4.69) is 19.2 Å². The molecule has 8 heteroatoms. The molecule has 1 N–H and O–H groups in total. The number of hydrogen-bond acceptors (Lipinski definition) is 6. The van der Waals surface area contributed by atoms with Crippen LogP contribution in [0.3, 0.4) is 0 Å². The Hall–Kier alpha value is -3.42. The number of para-hydroxylation sites is 1. The predicted molar refractivity (Wildman–Crippen MR) is 108 cm³/mol. The number of anilines is 1. The van der Waals surface area contributed by atoms with Gasteiger partial charge < -0.3 is 14.8 Å². The maximum absolute atomic E-state index is 12.1. The Bertz CT molecular complexity index is 877. The number of nitro groups is 1. The summed E-state index contributed by atoms with van der Waals surface area (Å²) in [5, 5.41) is 13.5. The first kappa shape index (κ1) is 21.9. The summed E-state index contributed by atoms with van der Waals surface area (Å²) >= 11 is 0. The SMILES string of the molecule is Cc1cccc([N+](=O)[O-])c1NC(=O)COC(=O)c1ccc(OCCC(C)C)cc1. The van der Waals surface area contributed by atoms with Crippen LogP contribution in [-0.2, 0) is 9.53 Å². The fourth-order valence-electron chi connectivity index (χ4n) is 2.46. The lowest BCUT2D eigenvalue weighted by molar-refractivity contribution is -0.384.